The maximum absolute atomic E-state index is 14.6. The Morgan fingerprint density at radius 1 is 1.02 bits per heavy atom. The number of rotatable bonds is 21. The van der Waals surface area contributed by atoms with Crippen molar-refractivity contribution in [2.75, 3.05) is 27.3 Å². The molecule has 54 heavy (non-hydrogen) atoms. The number of carbonyl (C=O) groups excluding carboxylic acids is 4. The Hall–Kier alpha value is -3.55. The van der Waals surface area contributed by atoms with Crippen molar-refractivity contribution in [3.8, 4) is 5.75 Å². The zero-order chi connectivity index (χ0) is 40.1. The number of likely N-dealkylation sites (N-methyl/N-ethyl adjacent to an activating group) is 1. The molecule has 0 saturated carbocycles. The van der Waals surface area contributed by atoms with Crippen LogP contribution in [0.4, 0.5) is 0 Å². The lowest BCUT2D eigenvalue weighted by molar-refractivity contribution is -0.143. The Balaban J connectivity index is 1.87. The second-order valence-electron chi connectivity index (χ2n) is 15.1. The predicted octanol–water partition coefficient (Wildman–Crippen LogP) is 6.14. The van der Waals surface area contributed by atoms with Gasteiger partial charge in [0, 0.05) is 37.0 Å². The molecule has 0 bridgehead atoms. The summed E-state index contributed by atoms with van der Waals surface area (Å²) in [5.41, 5.74) is 1.83. The normalized spacial score (nSPS) is 18.8. The van der Waals surface area contributed by atoms with Crippen LogP contribution in [0.25, 0.3) is 0 Å². The van der Waals surface area contributed by atoms with E-state index in [0.29, 0.717) is 43.0 Å². The maximum atomic E-state index is 14.6. The summed E-state index contributed by atoms with van der Waals surface area (Å²) >= 11 is 1.35. The summed E-state index contributed by atoms with van der Waals surface area (Å²) in [6, 6.07) is 3.28. The van der Waals surface area contributed by atoms with Crippen LogP contribution >= 0.6 is 11.3 Å². The lowest BCUT2D eigenvalue weighted by Crippen LogP contribution is -2.59. The number of carbonyl (C=O) groups is 4. The van der Waals surface area contributed by atoms with E-state index in [1.807, 2.05) is 39.5 Å². The van der Waals surface area contributed by atoms with Crippen molar-refractivity contribution in [1.29, 1.82) is 0 Å². The largest absolute Gasteiger partial charge is 0.508 e. The molecular formula is C41H65N5O7S. The molecule has 3 rings (SSSR count). The number of nitrogens with zero attached hydrogens (tertiary/aromatic N) is 2. The van der Waals surface area contributed by atoms with Gasteiger partial charge in [0.2, 0.25) is 11.8 Å². The molecule has 12 nitrogen and oxygen atoms in total. The molecule has 1 aromatic heterocycles. The minimum Gasteiger partial charge on any atom is -0.508 e. The molecular weight excluding hydrogens is 707 g/mol. The predicted molar refractivity (Wildman–Crippen MR) is 212 cm³/mol. The van der Waals surface area contributed by atoms with Gasteiger partial charge in [-0.1, -0.05) is 74.3 Å². The van der Waals surface area contributed by atoms with Crippen LogP contribution in [-0.2, 0) is 30.3 Å². The quantitative estimate of drug-likeness (QED) is 0.110. The average molecular weight is 772 g/mol. The first-order chi connectivity index (χ1) is 25.7. The monoisotopic (exact) mass is 771 g/mol. The summed E-state index contributed by atoms with van der Waals surface area (Å²) in [7, 11) is 3.11. The third-order valence-electron chi connectivity index (χ3n) is 10.8. The van der Waals surface area contributed by atoms with E-state index in [1.165, 1.54) is 18.4 Å². The minimum absolute atomic E-state index is 0.0632. The van der Waals surface area contributed by atoms with E-state index in [9.17, 15) is 24.3 Å². The molecule has 0 saturated heterocycles. The number of aromatic hydroxyl groups is 1. The molecule has 0 aliphatic heterocycles. The Morgan fingerprint density at radius 3 is 2.30 bits per heavy atom. The van der Waals surface area contributed by atoms with Gasteiger partial charge in [-0.2, -0.15) is 0 Å². The first-order valence-corrected chi connectivity index (χ1v) is 20.7. The van der Waals surface area contributed by atoms with Crippen molar-refractivity contribution >= 4 is 35.0 Å². The minimum atomic E-state index is -0.684. The summed E-state index contributed by atoms with van der Waals surface area (Å²) in [4.78, 5) is 61.2. The van der Waals surface area contributed by atoms with Gasteiger partial charge in [0.15, 0.2) is 0 Å². The number of methoxy groups -OCH3 is 1. The fourth-order valence-electron chi connectivity index (χ4n) is 7.30. The van der Waals surface area contributed by atoms with Crippen molar-refractivity contribution in [2.24, 2.45) is 17.8 Å². The van der Waals surface area contributed by atoms with Crippen LogP contribution in [-0.4, -0.2) is 90.2 Å². The van der Waals surface area contributed by atoms with Gasteiger partial charge < -0.3 is 35.4 Å². The van der Waals surface area contributed by atoms with Crippen molar-refractivity contribution in [2.45, 2.75) is 137 Å². The van der Waals surface area contributed by atoms with Crippen molar-refractivity contribution < 1.29 is 33.8 Å². The second kappa shape index (κ2) is 21.5. The standard InChI is InChI=1S/C41H65N5O7S/c1-11-17-46(40(50)36(26(8)14-4)45-38(49)35(42-9)25(7)13-3)33(24(5)6)22-34(53-18-12-2)39-44-32(23-54-39)37(48)43-28-19-27-15-16-29(47)21-30(27)31(20-28)41(51)52-10/h15-16,21,23-26,28,31,33-36,42,47H,11-14,17-20,22H2,1-10H3,(H,43,48)(H,45,49)/t25-,26-,28-,31+,33?,34+,35+,36-/m0/s1. The molecule has 302 valence electrons. The highest BCUT2D eigenvalue weighted by atomic mass is 32.1. The molecule has 0 spiro atoms. The van der Waals surface area contributed by atoms with E-state index in [0.717, 1.165) is 31.2 Å². The molecule has 4 N–H and O–H groups in total. The van der Waals surface area contributed by atoms with Crippen LogP contribution in [0.1, 0.15) is 133 Å². The number of hydrogen-bond acceptors (Lipinski definition) is 10. The van der Waals surface area contributed by atoms with Crippen LogP contribution in [0.5, 0.6) is 5.75 Å². The van der Waals surface area contributed by atoms with Gasteiger partial charge in [0.05, 0.1) is 19.1 Å². The van der Waals surface area contributed by atoms with Crippen LogP contribution in [0.3, 0.4) is 0 Å². The van der Waals surface area contributed by atoms with Crippen molar-refractivity contribution in [3.63, 3.8) is 0 Å². The summed E-state index contributed by atoms with van der Waals surface area (Å²) in [5, 5.41) is 21.8. The third-order valence-corrected chi connectivity index (χ3v) is 11.8. The van der Waals surface area contributed by atoms with E-state index in [-0.39, 0.29) is 59.0 Å². The summed E-state index contributed by atoms with van der Waals surface area (Å²) in [6.07, 6.45) is 3.91. The van der Waals surface area contributed by atoms with Crippen molar-refractivity contribution in [1.82, 2.24) is 25.8 Å². The number of hydrogen-bond donors (Lipinski definition) is 4. The molecule has 3 amide bonds. The molecule has 1 aliphatic carbocycles. The number of amides is 3. The molecule has 2 aromatic rings. The number of aromatic nitrogens is 1. The fourth-order valence-corrected chi connectivity index (χ4v) is 8.16. The molecule has 8 atom stereocenters. The number of ether oxygens (including phenoxy) is 2. The summed E-state index contributed by atoms with van der Waals surface area (Å²) < 4.78 is 11.5. The number of phenolic OH excluding ortho intramolecular Hbond substituents is 1. The first-order valence-electron chi connectivity index (χ1n) is 19.8. The zero-order valence-electron chi connectivity index (χ0n) is 34.1. The molecule has 0 fully saturated rings. The van der Waals surface area contributed by atoms with Gasteiger partial charge in [0.1, 0.15) is 28.6 Å². The summed E-state index contributed by atoms with van der Waals surface area (Å²) in [5.74, 6) is -1.50. The van der Waals surface area contributed by atoms with E-state index in [1.54, 1.807) is 30.6 Å². The smallest absolute Gasteiger partial charge is 0.313 e. The SMILES string of the molecule is CCCO[C@H](CC(C(C)C)N(CCC)C(=O)[C@@H](NC(=O)[C@H](NC)[C@@H](C)CC)[C@@H](C)CC)c1nc(C(=O)N[C@H]2Cc3ccc(O)cc3[C@H](C(=O)OC)C2)cs1. The molecule has 1 heterocycles. The highest BCUT2D eigenvalue weighted by Gasteiger charge is 2.38. The highest BCUT2D eigenvalue weighted by molar-refractivity contribution is 7.09. The van der Waals surface area contributed by atoms with Gasteiger partial charge in [0.25, 0.3) is 5.91 Å². The van der Waals surface area contributed by atoms with Gasteiger partial charge in [-0.05, 0) is 73.7 Å². The van der Waals surface area contributed by atoms with Gasteiger partial charge >= 0.3 is 5.97 Å². The number of thiazole rings is 1. The average Bonchev–Trinajstić information content (AvgIpc) is 3.66. The van der Waals surface area contributed by atoms with E-state index >= 15 is 0 Å². The van der Waals surface area contributed by atoms with E-state index in [4.69, 9.17) is 14.5 Å². The van der Waals surface area contributed by atoms with E-state index in [2.05, 4.69) is 36.7 Å². The van der Waals surface area contributed by atoms with Crippen LogP contribution in [0, 0.1) is 17.8 Å². The summed E-state index contributed by atoms with van der Waals surface area (Å²) in [6.45, 7) is 17.4. The van der Waals surface area contributed by atoms with Gasteiger partial charge in [-0.3, -0.25) is 19.2 Å². The van der Waals surface area contributed by atoms with Gasteiger partial charge in [-0.25, -0.2) is 4.98 Å². The molecule has 0 radical (unpaired) electrons. The Morgan fingerprint density at radius 2 is 1.70 bits per heavy atom. The third kappa shape index (κ3) is 11.5. The molecule has 1 aromatic carbocycles. The molecule has 1 aliphatic rings. The molecule has 1 unspecified atom stereocenters. The molecule has 13 heteroatoms. The van der Waals surface area contributed by atoms with E-state index < -0.39 is 30.1 Å². The number of benzene rings is 1. The zero-order valence-corrected chi connectivity index (χ0v) is 34.9. The number of esters is 1. The fraction of sp³-hybridized carbons (Fsp3) is 0.683. The highest BCUT2D eigenvalue weighted by Crippen LogP contribution is 2.36. The van der Waals surface area contributed by atoms with Crippen molar-refractivity contribution in [3.05, 3.63) is 45.4 Å². The number of phenols is 1. The Kier molecular flexibility index (Phi) is 17.9. The van der Waals surface area contributed by atoms with Crippen LogP contribution < -0.4 is 16.0 Å². The van der Waals surface area contributed by atoms with Crippen LogP contribution in [0.15, 0.2) is 23.6 Å². The van der Waals surface area contributed by atoms with Gasteiger partial charge in [-0.15, -0.1) is 11.3 Å². The number of fused-ring (bicyclic) bond motifs is 1. The first kappa shape index (κ1) is 44.8. The number of nitrogens with one attached hydrogen (secondary N) is 3. The Labute approximate surface area is 326 Å². The topological polar surface area (TPSA) is 159 Å². The lowest BCUT2D eigenvalue weighted by Gasteiger charge is -2.39. The van der Waals surface area contributed by atoms with Crippen LogP contribution in [0.2, 0.25) is 0 Å². The second-order valence-corrected chi connectivity index (χ2v) is 16.0. The Bertz CT molecular complexity index is 1530. The lowest BCUT2D eigenvalue weighted by atomic mass is 9.80. The maximum Gasteiger partial charge on any atom is 0.313 e.